The van der Waals surface area contributed by atoms with Gasteiger partial charge in [0.2, 0.25) is 5.91 Å². The van der Waals surface area contributed by atoms with E-state index in [1.165, 1.54) is 25.4 Å². The molecule has 8 heteroatoms. The van der Waals surface area contributed by atoms with E-state index in [4.69, 9.17) is 16.3 Å². The average Bonchev–Trinajstić information content (AvgIpc) is 2.55. The number of aromatic nitrogens is 1. The summed E-state index contributed by atoms with van der Waals surface area (Å²) < 4.78 is 34.1. The molecule has 0 fully saturated rings. The van der Waals surface area contributed by atoms with Crippen LogP contribution in [0.2, 0.25) is 5.15 Å². The fraction of sp³-hybridized carbons (Fsp3) is 0.250. The van der Waals surface area contributed by atoms with Gasteiger partial charge in [-0.25, -0.2) is 4.98 Å². The van der Waals surface area contributed by atoms with Gasteiger partial charge in [-0.15, -0.1) is 0 Å². The number of rotatable bonds is 7. The highest BCUT2D eigenvalue weighted by molar-refractivity contribution is 6.29. The van der Waals surface area contributed by atoms with E-state index in [0.29, 0.717) is 16.3 Å². The molecule has 0 aliphatic carbocycles. The predicted molar refractivity (Wildman–Crippen MR) is 84.4 cm³/mol. The third kappa shape index (κ3) is 5.34. The summed E-state index contributed by atoms with van der Waals surface area (Å²) in [6, 6.07) is 7.86. The zero-order valence-electron chi connectivity index (χ0n) is 12.8. The summed E-state index contributed by atoms with van der Waals surface area (Å²) in [4.78, 5) is 15.8. The van der Waals surface area contributed by atoms with Gasteiger partial charge in [-0.1, -0.05) is 23.7 Å². The number of hydrogen-bond donors (Lipinski definition) is 1. The maximum atomic E-state index is 12.4. The highest BCUT2D eigenvalue weighted by atomic mass is 35.5. The summed E-state index contributed by atoms with van der Waals surface area (Å²) in [6.07, 6.45) is 1.66. The van der Waals surface area contributed by atoms with Crippen LogP contribution in [0, 0.1) is 0 Å². The quantitative estimate of drug-likeness (QED) is 0.774. The lowest BCUT2D eigenvalue weighted by molar-refractivity contribution is -0.120. The van der Waals surface area contributed by atoms with Crippen molar-refractivity contribution in [1.82, 2.24) is 10.3 Å². The highest BCUT2D eigenvalue weighted by Crippen LogP contribution is 2.29. The number of benzene rings is 1. The first-order valence-corrected chi connectivity index (χ1v) is 7.34. The minimum Gasteiger partial charge on any atom is -0.493 e. The van der Waals surface area contributed by atoms with Gasteiger partial charge in [0.25, 0.3) is 0 Å². The summed E-state index contributed by atoms with van der Waals surface area (Å²) in [5.74, 6) is -0.120. The minimum atomic E-state index is -2.96. The van der Waals surface area contributed by atoms with Gasteiger partial charge >= 0.3 is 6.61 Å². The molecule has 0 saturated heterocycles. The van der Waals surface area contributed by atoms with Gasteiger partial charge in [-0.05, 0) is 29.3 Å². The Morgan fingerprint density at radius 2 is 2.00 bits per heavy atom. The highest BCUT2D eigenvalue weighted by Gasteiger charge is 2.12. The average molecular weight is 357 g/mol. The van der Waals surface area contributed by atoms with E-state index in [1.54, 1.807) is 18.2 Å². The zero-order valence-corrected chi connectivity index (χ0v) is 13.5. The Kier molecular flexibility index (Phi) is 6.31. The second kappa shape index (κ2) is 8.44. The molecule has 2 aromatic rings. The largest absolute Gasteiger partial charge is 0.493 e. The molecule has 0 spiro atoms. The van der Waals surface area contributed by atoms with Crippen molar-refractivity contribution in [2.45, 2.75) is 19.6 Å². The lowest BCUT2D eigenvalue weighted by Crippen LogP contribution is -2.24. The molecule has 0 unspecified atom stereocenters. The first kappa shape index (κ1) is 17.9. The number of alkyl halides is 2. The number of nitrogens with zero attached hydrogens (tertiary/aromatic N) is 1. The maximum Gasteiger partial charge on any atom is 0.387 e. The number of pyridine rings is 1. The number of carbonyl (C=O) groups is 1. The fourth-order valence-corrected chi connectivity index (χ4v) is 2.09. The molecule has 5 nitrogen and oxygen atoms in total. The van der Waals surface area contributed by atoms with Crippen LogP contribution in [-0.2, 0) is 17.8 Å². The second-order valence-electron chi connectivity index (χ2n) is 4.81. The summed E-state index contributed by atoms with van der Waals surface area (Å²) in [5, 5.41) is 3.05. The lowest BCUT2D eigenvalue weighted by Gasteiger charge is -2.12. The van der Waals surface area contributed by atoms with Gasteiger partial charge in [0, 0.05) is 12.7 Å². The molecule has 2 rings (SSSR count). The zero-order chi connectivity index (χ0) is 17.5. The normalized spacial score (nSPS) is 10.5. The standard InChI is InChI=1S/C16H15ClF2N2O3/c1-23-12-4-2-10(6-13(12)24-16(18)19)9-21-15(22)7-11-3-5-14(17)20-8-11/h2-6,8,16H,7,9H2,1H3,(H,21,22). The number of halogens is 3. The monoisotopic (exact) mass is 356 g/mol. The molecule has 128 valence electrons. The van der Waals surface area contributed by atoms with Crippen LogP contribution in [0.25, 0.3) is 0 Å². The van der Waals surface area contributed by atoms with Crippen molar-refractivity contribution in [3.63, 3.8) is 0 Å². The van der Waals surface area contributed by atoms with E-state index < -0.39 is 6.61 Å². The third-order valence-electron chi connectivity index (χ3n) is 3.09. The molecular formula is C16H15ClF2N2O3. The Morgan fingerprint density at radius 1 is 1.25 bits per heavy atom. The molecule has 0 atom stereocenters. The maximum absolute atomic E-state index is 12.4. The molecule has 0 aliphatic rings. The van der Waals surface area contributed by atoms with Crippen molar-refractivity contribution in [3.8, 4) is 11.5 Å². The van der Waals surface area contributed by atoms with Crippen LogP contribution in [-0.4, -0.2) is 24.6 Å². The number of amides is 1. The summed E-state index contributed by atoms with van der Waals surface area (Å²) in [7, 11) is 1.36. The van der Waals surface area contributed by atoms with Crippen molar-refractivity contribution in [2.24, 2.45) is 0 Å². The molecule has 1 N–H and O–H groups in total. The molecule has 1 aromatic carbocycles. The van der Waals surface area contributed by atoms with E-state index in [0.717, 1.165) is 0 Å². The summed E-state index contributed by atoms with van der Waals surface area (Å²) in [5.41, 5.74) is 1.32. The van der Waals surface area contributed by atoms with E-state index in [2.05, 4.69) is 15.0 Å². The van der Waals surface area contributed by atoms with Gasteiger partial charge in [0.15, 0.2) is 11.5 Å². The Labute approximate surface area is 142 Å². The van der Waals surface area contributed by atoms with Crippen LogP contribution in [0.15, 0.2) is 36.5 Å². The lowest BCUT2D eigenvalue weighted by atomic mass is 10.1. The first-order chi connectivity index (χ1) is 11.5. The molecule has 1 heterocycles. The Bertz CT molecular complexity index is 696. The predicted octanol–water partition coefficient (Wildman–Crippen LogP) is 3.20. The third-order valence-corrected chi connectivity index (χ3v) is 3.31. The van der Waals surface area contributed by atoms with Crippen molar-refractivity contribution >= 4 is 17.5 Å². The van der Waals surface area contributed by atoms with Crippen molar-refractivity contribution in [3.05, 3.63) is 52.8 Å². The number of methoxy groups -OCH3 is 1. The van der Waals surface area contributed by atoms with Crippen LogP contribution < -0.4 is 14.8 Å². The van der Waals surface area contributed by atoms with Crippen molar-refractivity contribution < 1.29 is 23.0 Å². The number of carbonyl (C=O) groups excluding carboxylic acids is 1. The first-order valence-electron chi connectivity index (χ1n) is 6.97. The smallest absolute Gasteiger partial charge is 0.387 e. The van der Waals surface area contributed by atoms with Crippen LogP contribution >= 0.6 is 11.6 Å². The van der Waals surface area contributed by atoms with E-state index in [9.17, 15) is 13.6 Å². The van der Waals surface area contributed by atoms with Gasteiger partial charge < -0.3 is 14.8 Å². The van der Waals surface area contributed by atoms with Gasteiger partial charge in [0.1, 0.15) is 5.15 Å². The van der Waals surface area contributed by atoms with E-state index in [1.807, 2.05) is 0 Å². The molecule has 0 saturated carbocycles. The number of hydrogen-bond acceptors (Lipinski definition) is 4. The molecule has 0 aliphatic heterocycles. The van der Waals surface area contributed by atoms with Gasteiger partial charge in [0.05, 0.1) is 13.5 Å². The van der Waals surface area contributed by atoms with E-state index in [-0.39, 0.29) is 30.4 Å². The second-order valence-corrected chi connectivity index (χ2v) is 5.19. The van der Waals surface area contributed by atoms with Crippen LogP contribution in [0.5, 0.6) is 11.5 Å². The Morgan fingerprint density at radius 3 is 2.62 bits per heavy atom. The van der Waals surface area contributed by atoms with Crippen LogP contribution in [0.3, 0.4) is 0 Å². The molecule has 24 heavy (non-hydrogen) atoms. The molecule has 1 aromatic heterocycles. The minimum absolute atomic E-state index is 0.0823. The molecule has 0 radical (unpaired) electrons. The molecule has 0 bridgehead atoms. The Hall–Kier alpha value is -2.41. The summed E-state index contributed by atoms with van der Waals surface area (Å²) in [6.45, 7) is -2.79. The SMILES string of the molecule is COc1ccc(CNC(=O)Cc2ccc(Cl)nc2)cc1OC(F)F. The molecule has 1 amide bonds. The topological polar surface area (TPSA) is 60.5 Å². The fourth-order valence-electron chi connectivity index (χ4n) is 1.98. The summed E-state index contributed by atoms with van der Waals surface area (Å²) >= 11 is 5.68. The van der Waals surface area contributed by atoms with Gasteiger partial charge in [-0.3, -0.25) is 4.79 Å². The molecular weight excluding hydrogens is 342 g/mol. The van der Waals surface area contributed by atoms with Crippen LogP contribution in [0.1, 0.15) is 11.1 Å². The Balaban J connectivity index is 1.95. The van der Waals surface area contributed by atoms with Crippen molar-refractivity contribution in [2.75, 3.05) is 7.11 Å². The van der Waals surface area contributed by atoms with E-state index >= 15 is 0 Å². The number of nitrogens with one attached hydrogen (secondary N) is 1. The van der Waals surface area contributed by atoms with Gasteiger partial charge in [-0.2, -0.15) is 8.78 Å². The van der Waals surface area contributed by atoms with Crippen molar-refractivity contribution in [1.29, 1.82) is 0 Å². The number of ether oxygens (including phenoxy) is 2. The van der Waals surface area contributed by atoms with Crippen LogP contribution in [0.4, 0.5) is 8.78 Å².